The molecule has 1 aliphatic heterocycles. The van der Waals surface area contributed by atoms with Crippen LogP contribution in [-0.4, -0.2) is 68.8 Å². The molecule has 1 aliphatic rings. The zero-order chi connectivity index (χ0) is 18.9. The summed E-state index contributed by atoms with van der Waals surface area (Å²) in [6.45, 7) is 12.8. The van der Waals surface area contributed by atoms with Crippen LogP contribution in [-0.2, 0) is 0 Å². The summed E-state index contributed by atoms with van der Waals surface area (Å²) in [4.78, 5) is 17.0. The number of likely N-dealkylation sites (N-methyl/N-ethyl adjacent to an activating group) is 1. The first-order valence-electron chi connectivity index (χ1n) is 9.66. The fraction of sp³-hybridized carbons (Fsp3) is 0.650. The molecule has 0 spiro atoms. The van der Waals surface area contributed by atoms with Gasteiger partial charge in [0.15, 0.2) is 0 Å². The molecule has 6 nitrogen and oxygen atoms in total. The maximum absolute atomic E-state index is 12.1. The lowest BCUT2D eigenvalue weighted by molar-refractivity contribution is 0.0978. The largest absolute Gasteiger partial charge is 0.496 e. The van der Waals surface area contributed by atoms with Gasteiger partial charge < -0.3 is 20.3 Å². The van der Waals surface area contributed by atoms with Crippen molar-refractivity contribution < 1.29 is 9.53 Å². The van der Waals surface area contributed by atoms with Gasteiger partial charge in [-0.15, -0.1) is 0 Å². The Bertz CT molecular complexity index is 556. The summed E-state index contributed by atoms with van der Waals surface area (Å²) in [6, 6.07) is 8.11. The van der Waals surface area contributed by atoms with E-state index in [0.717, 1.165) is 44.0 Å². The molecule has 0 aromatic heterocycles. The second-order valence-electron chi connectivity index (χ2n) is 7.21. The second kappa shape index (κ2) is 10.4. The first kappa shape index (κ1) is 20.5. The number of carbonyl (C=O) groups is 1. The Kier molecular flexibility index (Phi) is 8.19. The number of benzene rings is 1. The third-order valence-electron chi connectivity index (χ3n) is 4.92. The van der Waals surface area contributed by atoms with Gasteiger partial charge in [0.1, 0.15) is 5.75 Å². The van der Waals surface area contributed by atoms with Crippen molar-refractivity contribution in [1.29, 1.82) is 0 Å². The van der Waals surface area contributed by atoms with E-state index in [0.29, 0.717) is 19.0 Å². The number of carbonyl (C=O) groups excluding carboxylic acids is 1. The number of methoxy groups -OCH3 is 1. The van der Waals surface area contributed by atoms with Crippen molar-refractivity contribution in [1.82, 2.24) is 20.4 Å². The predicted octanol–water partition coefficient (Wildman–Crippen LogP) is 2.33. The van der Waals surface area contributed by atoms with Crippen molar-refractivity contribution in [2.24, 2.45) is 5.92 Å². The molecule has 1 aromatic rings. The number of urea groups is 1. The lowest BCUT2D eigenvalue weighted by atomic mass is 10.0. The molecule has 0 radical (unpaired) electrons. The number of ether oxygens (including phenoxy) is 1. The number of para-hydroxylation sites is 1. The standard InChI is InChI=1S/C20H34N4O2/c1-5-23-10-12-24(13-11-23)18(15-22-20(25)21-14-16(2)3)17-8-6-7-9-19(17)26-4/h6-9,16,18H,5,10-15H2,1-4H3,(H2,21,22,25). The third-order valence-corrected chi connectivity index (χ3v) is 4.92. The lowest BCUT2D eigenvalue weighted by Gasteiger charge is -2.39. The molecule has 2 amide bonds. The van der Waals surface area contributed by atoms with Crippen LogP contribution >= 0.6 is 0 Å². The molecule has 0 saturated carbocycles. The van der Waals surface area contributed by atoms with Crippen molar-refractivity contribution in [3.63, 3.8) is 0 Å². The molecule has 2 rings (SSSR count). The molecule has 1 fully saturated rings. The Labute approximate surface area is 157 Å². The molecular weight excluding hydrogens is 328 g/mol. The van der Waals surface area contributed by atoms with Crippen LogP contribution < -0.4 is 15.4 Å². The highest BCUT2D eigenvalue weighted by atomic mass is 16.5. The molecule has 1 aromatic carbocycles. The smallest absolute Gasteiger partial charge is 0.314 e. The van der Waals surface area contributed by atoms with Gasteiger partial charge in [-0.3, -0.25) is 4.90 Å². The Balaban J connectivity index is 2.08. The van der Waals surface area contributed by atoms with Crippen LogP contribution in [0, 0.1) is 5.92 Å². The summed E-state index contributed by atoms with van der Waals surface area (Å²) in [7, 11) is 1.70. The summed E-state index contributed by atoms with van der Waals surface area (Å²) < 4.78 is 5.58. The molecule has 0 aliphatic carbocycles. The van der Waals surface area contributed by atoms with Crippen LogP contribution in [0.5, 0.6) is 5.75 Å². The minimum absolute atomic E-state index is 0.106. The molecule has 0 bridgehead atoms. The van der Waals surface area contributed by atoms with Gasteiger partial charge in [-0.2, -0.15) is 0 Å². The highest BCUT2D eigenvalue weighted by molar-refractivity contribution is 5.73. The van der Waals surface area contributed by atoms with E-state index in [2.05, 4.69) is 47.3 Å². The summed E-state index contributed by atoms with van der Waals surface area (Å²) >= 11 is 0. The molecule has 1 unspecified atom stereocenters. The first-order valence-corrected chi connectivity index (χ1v) is 9.66. The van der Waals surface area contributed by atoms with E-state index >= 15 is 0 Å². The highest BCUT2D eigenvalue weighted by Gasteiger charge is 2.27. The van der Waals surface area contributed by atoms with Crippen LogP contribution in [0.3, 0.4) is 0 Å². The zero-order valence-electron chi connectivity index (χ0n) is 16.6. The van der Waals surface area contributed by atoms with Crippen LogP contribution in [0.2, 0.25) is 0 Å². The van der Waals surface area contributed by atoms with Gasteiger partial charge in [0.2, 0.25) is 0 Å². The van der Waals surface area contributed by atoms with E-state index in [1.807, 2.05) is 18.2 Å². The van der Waals surface area contributed by atoms with E-state index in [1.165, 1.54) is 0 Å². The average Bonchev–Trinajstić information content (AvgIpc) is 2.67. The lowest BCUT2D eigenvalue weighted by Crippen LogP contribution is -2.50. The summed E-state index contributed by atoms with van der Waals surface area (Å²) in [5, 5.41) is 5.98. The molecule has 26 heavy (non-hydrogen) atoms. The molecule has 1 saturated heterocycles. The molecule has 146 valence electrons. The predicted molar refractivity (Wildman–Crippen MR) is 106 cm³/mol. The van der Waals surface area contributed by atoms with Crippen LogP contribution in [0.25, 0.3) is 0 Å². The number of amides is 2. The van der Waals surface area contributed by atoms with Crippen molar-refractivity contribution in [3.8, 4) is 5.75 Å². The van der Waals surface area contributed by atoms with Gasteiger partial charge >= 0.3 is 6.03 Å². The maximum Gasteiger partial charge on any atom is 0.314 e. The first-order chi connectivity index (χ1) is 12.5. The van der Waals surface area contributed by atoms with Gasteiger partial charge in [0.25, 0.3) is 0 Å². The minimum Gasteiger partial charge on any atom is -0.496 e. The number of hydrogen-bond donors (Lipinski definition) is 2. The van der Waals surface area contributed by atoms with Crippen molar-refractivity contribution in [2.75, 3.05) is 52.9 Å². The molecule has 2 N–H and O–H groups in total. The molecule has 1 atom stereocenters. The van der Waals surface area contributed by atoms with E-state index in [9.17, 15) is 4.79 Å². The fourth-order valence-corrected chi connectivity index (χ4v) is 3.32. The maximum atomic E-state index is 12.1. The van der Waals surface area contributed by atoms with Gasteiger partial charge in [-0.1, -0.05) is 39.0 Å². The van der Waals surface area contributed by atoms with Crippen molar-refractivity contribution in [2.45, 2.75) is 26.8 Å². The monoisotopic (exact) mass is 362 g/mol. The zero-order valence-corrected chi connectivity index (χ0v) is 16.6. The Morgan fingerprint density at radius 2 is 1.77 bits per heavy atom. The summed E-state index contributed by atoms with van der Waals surface area (Å²) in [6.07, 6.45) is 0. The Morgan fingerprint density at radius 3 is 2.38 bits per heavy atom. The van der Waals surface area contributed by atoms with E-state index in [1.54, 1.807) is 7.11 Å². The normalized spacial score (nSPS) is 17.1. The number of nitrogens with one attached hydrogen (secondary N) is 2. The van der Waals surface area contributed by atoms with Gasteiger partial charge in [-0.05, 0) is 18.5 Å². The van der Waals surface area contributed by atoms with Crippen LogP contribution in [0.15, 0.2) is 24.3 Å². The van der Waals surface area contributed by atoms with Gasteiger partial charge in [0.05, 0.1) is 13.2 Å². The topological polar surface area (TPSA) is 56.8 Å². The highest BCUT2D eigenvalue weighted by Crippen LogP contribution is 2.29. The number of hydrogen-bond acceptors (Lipinski definition) is 4. The number of rotatable bonds is 8. The SMILES string of the molecule is CCN1CCN(C(CNC(=O)NCC(C)C)c2ccccc2OC)CC1. The second-order valence-corrected chi connectivity index (χ2v) is 7.21. The summed E-state index contributed by atoms with van der Waals surface area (Å²) in [5.74, 6) is 1.31. The van der Waals surface area contributed by atoms with Crippen molar-refractivity contribution in [3.05, 3.63) is 29.8 Å². The van der Waals surface area contributed by atoms with Gasteiger partial charge in [-0.25, -0.2) is 4.79 Å². The van der Waals surface area contributed by atoms with Crippen molar-refractivity contribution >= 4 is 6.03 Å². The fourth-order valence-electron chi connectivity index (χ4n) is 3.32. The van der Waals surface area contributed by atoms with E-state index in [4.69, 9.17) is 4.74 Å². The molecular formula is C20H34N4O2. The Morgan fingerprint density at radius 1 is 1.12 bits per heavy atom. The minimum atomic E-state index is -0.106. The van der Waals surface area contributed by atoms with Gasteiger partial charge in [0, 0.05) is 44.8 Å². The molecule has 6 heteroatoms. The van der Waals surface area contributed by atoms with Crippen LogP contribution in [0.4, 0.5) is 4.79 Å². The number of nitrogens with zero attached hydrogens (tertiary/aromatic N) is 2. The van der Waals surface area contributed by atoms with E-state index < -0.39 is 0 Å². The number of piperazine rings is 1. The van der Waals surface area contributed by atoms with E-state index in [-0.39, 0.29) is 12.1 Å². The average molecular weight is 363 g/mol. The Hall–Kier alpha value is -1.79. The quantitative estimate of drug-likeness (QED) is 0.745. The third kappa shape index (κ3) is 5.88. The van der Waals surface area contributed by atoms with Crippen LogP contribution in [0.1, 0.15) is 32.4 Å². The summed E-state index contributed by atoms with van der Waals surface area (Å²) in [5.41, 5.74) is 1.13. The molecule has 1 heterocycles.